The van der Waals surface area contributed by atoms with E-state index in [1.165, 1.54) is 5.56 Å². The predicted octanol–water partition coefficient (Wildman–Crippen LogP) is 4.81. The molecule has 2 heterocycles. The lowest BCUT2D eigenvalue weighted by Gasteiger charge is -2.10. The molecule has 30 heavy (non-hydrogen) atoms. The normalized spacial score (nSPS) is 11.2. The van der Waals surface area contributed by atoms with Crippen molar-refractivity contribution in [3.63, 3.8) is 0 Å². The van der Waals surface area contributed by atoms with Gasteiger partial charge in [0.05, 0.1) is 11.0 Å². The third-order valence-corrected chi connectivity index (χ3v) is 5.22. The molecule has 5 rings (SSSR count). The average molecular weight is 397 g/mol. The first-order chi connectivity index (χ1) is 14.7. The van der Waals surface area contributed by atoms with Crippen molar-refractivity contribution in [2.24, 2.45) is 0 Å². The maximum Gasteiger partial charge on any atom is 0.310 e. The third-order valence-electron chi connectivity index (χ3n) is 5.22. The van der Waals surface area contributed by atoms with Gasteiger partial charge >= 0.3 is 5.91 Å². The van der Waals surface area contributed by atoms with Crippen LogP contribution in [0.2, 0.25) is 0 Å². The summed E-state index contributed by atoms with van der Waals surface area (Å²) in [6.45, 7) is 0.793. The number of hydroxylamine groups is 1. The lowest BCUT2D eigenvalue weighted by atomic mass is 10.1. The standard InChI is InChI=1S/C24H19N3O3/c28-24(26-29)22-15-18-14-17(10-11-21(18)30-22)23-25-19-8-4-5-9-20(19)27(23)13-12-16-6-2-1-3-7-16/h1-11,14-15,29H,12-13H2,(H,26,28). The number of aryl methyl sites for hydroxylation is 2. The number of nitrogens with one attached hydrogen (secondary N) is 1. The Morgan fingerprint density at radius 1 is 1.00 bits per heavy atom. The number of aromatic nitrogens is 2. The fourth-order valence-electron chi connectivity index (χ4n) is 3.76. The van der Waals surface area contributed by atoms with Crippen molar-refractivity contribution >= 4 is 27.9 Å². The molecule has 0 radical (unpaired) electrons. The summed E-state index contributed by atoms with van der Waals surface area (Å²) in [5.41, 5.74) is 6.39. The van der Waals surface area contributed by atoms with Gasteiger partial charge in [0, 0.05) is 17.5 Å². The Hall–Kier alpha value is -3.90. The monoisotopic (exact) mass is 397 g/mol. The van der Waals surface area contributed by atoms with Gasteiger partial charge in [0.15, 0.2) is 5.76 Å². The minimum absolute atomic E-state index is 0.0576. The van der Waals surface area contributed by atoms with Crippen LogP contribution in [0.1, 0.15) is 16.1 Å². The van der Waals surface area contributed by atoms with E-state index < -0.39 is 5.91 Å². The number of para-hydroxylation sites is 2. The van der Waals surface area contributed by atoms with E-state index in [9.17, 15) is 4.79 Å². The molecule has 0 aliphatic heterocycles. The molecule has 0 spiro atoms. The summed E-state index contributed by atoms with van der Waals surface area (Å²) < 4.78 is 7.73. The molecule has 6 nitrogen and oxygen atoms in total. The maximum atomic E-state index is 11.7. The summed E-state index contributed by atoms with van der Waals surface area (Å²) in [6, 6.07) is 25.8. The number of amides is 1. The molecule has 2 aromatic heterocycles. The highest BCUT2D eigenvalue weighted by Crippen LogP contribution is 2.29. The van der Waals surface area contributed by atoms with Crippen molar-refractivity contribution in [3.05, 3.63) is 90.2 Å². The smallest absolute Gasteiger partial charge is 0.310 e. The molecular weight excluding hydrogens is 378 g/mol. The van der Waals surface area contributed by atoms with E-state index in [1.54, 1.807) is 11.5 Å². The molecule has 0 fully saturated rings. The van der Waals surface area contributed by atoms with Crippen molar-refractivity contribution in [2.45, 2.75) is 13.0 Å². The summed E-state index contributed by atoms with van der Waals surface area (Å²) in [5, 5.41) is 9.61. The van der Waals surface area contributed by atoms with E-state index in [0.29, 0.717) is 5.58 Å². The Morgan fingerprint density at radius 2 is 1.80 bits per heavy atom. The van der Waals surface area contributed by atoms with Gasteiger partial charge in [-0.2, -0.15) is 0 Å². The Kier molecular flexibility index (Phi) is 4.53. The van der Waals surface area contributed by atoms with Crippen LogP contribution in [0.5, 0.6) is 0 Å². The van der Waals surface area contributed by atoms with Crippen LogP contribution < -0.4 is 5.48 Å². The van der Waals surface area contributed by atoms with Gasteiger partial charge in [-0.3, -0.25) is 10.0 Å². The van der Waals surface area contributed by atoms with Crippen molar-refractivity contribution < 1.29 is 14.4 Å². The Labute approximate surface area is 172 Å². The number of rotatable bonds is 5. The minimum atomic E-state index is -0.678. The molecule has 2 N–H and O–H groups in total. The molecule has 0 saturated carbocycles. The summed E-state index contributed by atoms with van der Waals surface area (Å²) in [7, 11) is 0. The first kappa shape index (κ1) is 18.1. The van der Waals surface area contributed by atoms with Crippen LogP contribution in [0.3, 0.4) is 0 Å². The van der Waals surface area contributed by atoms with Gasteiger partial charge in [-0.15, -0.1) is 0 Å². The molecule has 0 aliphatic rings. The van der Waals surface area contributed by atoms with E-state index in [0.717, 1.165) is 40.8 Å². The third kappa shape index (κ3) is 3.23. The lowest BCUT2D eigenvalue weighted by molar-refractivity contribution is 0.0678. The van der Waals surface area contributed by atoms with Crippen LogP contribution in [0, 0.1) is 0 Å². The molecular formula is C24H19N3O3. The van der Waals surface area contributed by atoms with Gasteiger partial charge in [-0.25, -0.2) is 10.5 Å². The quantitative estimate of drug-likeness (QED) is 0.329. The largest absolute Gasteiger partial charge is 0.451 e. The van der Waals surface area contributed by atoms with Crippen LogP contribution in [0.4, 0.5) is 0 Å². The number of furan rings is 1. The van der Waals surface area contributed by atoms with Gasteiger partial charge in [0.2, 0.25) is 0 Å². The Bertz CT molecular complexity index is 1350. The molecule has 1 amide bonds. The topological polar surface area (TPSA) is 80.3 Å². The highest BCUT2D eigenvalue weighted by molar-refractivity contribution is 5.96. The van der Waals surface area contributed by atoms with E-state index >= 15 is 0 Å². The molecule has 6 heteroatoms. The number of hydrogen-bond acceptors (Lipinski definition) is 4. The zero-order chi connectivity index (χ0) is 20.5. The Balaban J connectivity index is 1.58. The predicted molar refractivity (Wildman–Crippen MR) is 114 cm³/mol. The Morgan fingerprint density at radius 3 is 2.63 bits per heavy atom. The summed E-state index contributed by atoms with van der Waals surface area (Å²) in [5.74, 6) is 0.244. The van der Waals surface area contributed by atoms with Crippen LogP contribution >= 0.6 is 0 Å². The molecule has 0 aliphatic carbocycles. The summed E-state index contributed by atoms with van der Waals surface area (Å²) in [6.07, 6.45) is 0.892. The summed E-state index contributed by atoms with van der Waals surface area (Å²) in [4.78, 5) is 16.5. The SMILES string of the molecule is O=C(NO)c1cc2cc(-c3nc4ccccc4n3CCc3ccccc3)ccc2o1. The lowest BCUT2D eigenvalue weighted by Crippen LogP contribution is -2.17. The minimum Gasteiger partial charge on any atom is -0.451 e. The van der Waals surface area contributed by atoms with Crippen LogP contribution in [-0.2, 0) is 13.0 Å². The number of nitrogens with zero attached hydrogens (tertiary/aromatic N) is 2. The fraction of sp³-hybridized carbons (Fsp3) is 0.0833. The van der Waals surface area contributed by atoms with Gasteiger partial charge in [0.1, 0.15) is 11.4 Å². The van der Waals surface area contributed by atoms with Crippen molar-refractivity contribution in [3.8, 4) is 11.4 Å². The molecule has 148 valence electrons. The second kappa shape index (κ2) is 7.50. The maximum absolute atomic E-state index is 11.7. The number of fused-ring (bicyclic) bond motifs is 2. The van der Waals surface area contributed by atoms with Crippen molar-refractivity contribution in [1.29, 1.82) is 0 Å². The van der Waals surface area contributed by atoms with Gasteiger partial charge in [-0.1, -0.05) is 42.5 Å². The number of imidazole rings is 1. The zero-order valence-corrected chi connectivity index (χ0v) is 16.1. The molecule has 0 atom stereocenters. The second-order valence-electron chi connectivity index (χ2n) is 7.12. The highest BCUT2D eigenvalue weighted by atomic mass is 16.5. The van der Waals surface area contributed by atoms with Gasteiger partial charge < -0.3 is 8.98 Å². The fourth-order valence-corrected chi connectivity index (χ4v) is 3.76. The zero-order valence-electron chi connectivity index (χ0n) is 16.1. The van der Waals surface area contributed by atoms with E-state index in [-0.39, 0.29) is 5.76 Å². The van der Waals surface area contributed by atoms with E-state index in [4.69, 9.17) is 14.6 Å². The molecule has 0 bridgehead atoms. The summed E-state index contributed by atoms with van der Waals surface area (Å²) >= 11 is 0. The van der Waals surface area contributed by atoms with Gasteiger partial charge in [0.25, 0.3) is 0 Å². The second-order valence-corrected chi connectivity index (χ2v) is 7.12. The molecule has 0 unspecified atom stereocenters. The van der Waals surface area contributed by atoms with Crippen LogP contribution in [0.25, 0.3) is 33.4 Å². The van der Waals surface area contributed by atoms with Crippen LogP contribution in [0.15, 0.2) is 83.3 Å². The van der Waals surface area contributed by atoms with E-state index in [2.05, 4.69) is 34.9 Å². The average Bonchev–Trinajstić information content (AvgIpc) is 3.38. The molecule has 5 aromatic rings. The molecule has 3 aromatic carbocycles. The number of carbonyl (C=O) groups is 1. The molecule has 0 saturated heterocycles. The highest BCUT2D eigenvalue weighted by Gasteiger charge is 2.16. The van der Waals surface area contributed by atoms with Crippen LogP contribution in [-0.4, -0.2) is 20.7 Å². The van der Waals surface area contributed by atoms with Gasteiger partial charge in [-0.05, 0) is 48.4 Å². The van der Waals surface area contributed by atoms with Crippen molar-refractivity contribution in [1.82, 2.24) is 15.0 Å². The number of hydrogen-bond donors (Lipinski definition) is 2. The first-order valence-electron chi connectivity index (χ1n) is 9.70. The van der Waals surface area contributed by atoms with E-state index in [1.807, 2.05) is 42.5 Å². The number of benzene rings is 3. The number of carbonyl (C=O) groups excluding carboxylic acids is 1. The van der Waals surface area contributed by atoms with Crippen molar-refractivity contribution in [2.75, 3.05) is 0 Å². The first-order valence-corrected chi connectivity index (χ1v) is 9.70.